The highest BCUT2D eigenvalue weighted by molar-refractivity contribution is 6.35. The average Bonchev–Trinajstić information content (AvgIpc) is 2.91. The van der Waals surface area contributed by atoms with Crippen LogP contribution in [-0.4, -0.2) is 36.5 Å². The molecular weight excluding hydrogens is 283 g/mol. The summed E-state index contributed by atoms with van der Waals surface area (Å²) in [6.45, 7) is 4.96. The maximum atomic E-state index is 12.6. The molecule has 3 nitrogen and oxygen atoms in total. The molecule has 0 aromatic heterocycles. The average molecular weight is 299 g/mol. The number of benzene rings is 1. The van der Waals surface area contributed by atoms with Gasteiger partial charge in [-0.2, -0.15) is 0 Å². The highest BCUT2D eigenvalue weighted by Crippen LogP contribution is 2.33. The van der Waals surface area contributed by atoms with Crippen molar-refractivity contribution in [2.24, 2.45) is 11.8 Å². The number of likely N-dealkylation sites (tertiary alicyclic amines) is 1. The van der Waals surface area contributed by atoms with Gasteiger partial charge in [0, 0.05) is 41.3 Å². The fourth-order valence-electron chi connectivity index (χ4n) is 3.28. The van der Waals surface area contributed by atoms with Crippen molar-refractivity contribution in [3.05, 3.63) is 33.8 Å². The van der Waals surface area contributed by atoms with Crippen molar-refractivity contribution in [1.29, 1.82) is 0 Å². The van der Waals surface area contributed by atoms with Gasteiger partial charge in [-0.3, -0.25) is 4.79 Å². The Kier molecular flexibility index (Phi) is 3.46. The number of amides is 1. The molecular formula is C14H16Cl2N2O. The predicted octanol–water partition coefficient (Wildman–Crippen LogP) is 2.67. The van der Waals surface area contributed by atoms with E-state index in [0.717, 1.165) is 19.6 Å². The van der Waals surface area contributed by atoms with Crippen LogP contribution in [0.2, 0.25) is 10.0 Å². The lowest BCUT2D eigenvalue weighted by Crippen LogP contribution is -2.38. The van der Waals surface area contributed by atoms with E-state index < -0.39 is 0 Å². The van der Waals surface area contributed by atoms with Gasteiger partial charge in [-0.25, -0.2) is 0 Å². The second-order valence-electron chi connectivity index (χ2n) is 5.44. The van der Waals surface area contributed by atoms with Gasteiger partial charge in [0.15, 0.2) is 0 Å². The van der Waals surface area contributed by atoms with Crippen molar-refractivity contribution in [1.82, 2.24) is 10.2 Å². The molecule has 1 N–H and O–H groups in total. The van der Waals surface area contributed by atoms with Crippen molar-refractivity contribution in [3.8, 4) is 0 Å². The number of rotatable bonds is 1. The van der Waals surface area contributed by atoms with Crippen molar-refractivity contribution in [3.63, 3.8) is 0 Å². The van der Waals surface area contributed by atoms with Gasteiger partial charge in [-0.15, -0.1) is 0 Å². The molecule has 0 radical (unpaired) electrons. The van der Waals surface area contributed by atoms with Crippen molar-refractivity contribution in [2.75, 3.05) is 19.6 Å². The Morgan fingerprint density at radius 1 is 1.26 bits per heavy atom. The number of carbonyl (C=O) groups excluding carboxylic acids is 1. The number of halogens is 2. The van der Waals surface area contributed by atoms with Gasteiger partial charge in [0.2, 0.25) is 0 Å². The Hall–Kier alpha value is -0.770. The van der Waals surface area contributed by atoms with E-state index in [1.807, 2.05) is 4.90 Å². The number of fused-ring (bicyclic) bond motifs is 1. The summed E-state index contributed by atoms with van der Waals surface area (Å²) in [7, 11) is 0. The topological polar surface area (TPSA) is 32.3 Å². The zero-order valence-corrected chi connectivity index (χ0v) is 12.2. The van der Waals surface area contributed by atoms with Gasteiger partial charge < -0.3 is 10.2 Å². The van der Waals surface area contributed by atoms with Gasteiger partial charge in [0.1, 0.15) is 0 Å². The first-order valence-electron chi connectivity index (χ1n) is 6.54. The second kappa shape index (κ2) is 4.97. The Morgan fingerprint density at radius 3 is 2.58 bits per heavy atom. The van der Waals surface area contributed by atoms with Gasteiger partial charge in [-0.1, -0.05) is 23.2 Å². The number of nitrogens with zero attached hydrogens (tertiary/aromatic N) is 1. The van der Waals surface area contributed by atoms with Crippen LogP contribution in [0.4, 0.5) is 0 Å². The van der Waals surface area contributed by atoms with Gasteiger partial charge >= 0.3 is 0 Å². The maximum Gasteiger partial charge on any atom is 0.254 e. The van der Waals surface area contributed by atoms with Crippen LogP contribution in [0.15, 0.2) is 18.2 Å². The minimum Gasteiger partial charge on any atom is -0.335 e. The Labute approximate surface area is 122 Å². The summed E-state index contributed by atoms with van der Waals surface area (Å²) in [4.78, 5) is 14.5. The maximum absolute atomic E-state index is 12.6. The summed E-state index contributed by atoms with van der Waals surface area (Å²) in [5, 5.41) is 4.40. The number of hydrogen-bond donors (Lipinski definition) is 1. The summed E-state index contributed by atoms with van der Waals surface area (Å²) in [6.07, 6.45) is 0. The Morgan fingerprint density at radius 2 is 1.95 bits per heavy atom. The van der Waals surface area contributed by atoms with Crippen LogP contribution in [0, 0.1) is 11.8 Å². The Balaban J connectivity index is 1.84. The highest BCUT2D eigenvalue weighted by Gasteiger charge is 2.43. The molecule has 19 heavy (non-hydrogen) atoms. The molecule has 2 aliphatic heterocycles. The molecule has 3 atom stereocenters. The molecule has 3 rings (SSSR count). The molecule has 0 saturated carbocycles. The minimum absolute atomic E-state index is 0.0336. The number of nitrogens with one attached hydrogen (secondary N) is 1. The van der Waals surface area contributed by atoms with Gasteiger partial charge in [0.05, 0.1) is 0 Å². The molecule has 3 unspecified atom stereocenters. The van der Waals surface area contributed by atoms with Gasteiger partial charge in [-0.05, 0) is 37.0 Å². The van der Waals surface area contributed by atoms with Crippen LogP contribution in [0.5, 0.6) is 0 Å². The quantitative estimate of drug-likeness (QED) is 0.864. The zero-order chi connectivity index (χ0) is 13.6. The van der Waals surface area contributed by atoms with Crippen LogP contribution >= 0.6 is 23.2 Å². The number of carbonyl (C=O) groups is 1. The smallest absolute Gasteiger partial charge is 0.254 e. The minimum atomic E-state index is 0.0336. The molecule has 102 valence electrons. The van der Waals surface area contributed by atoms with Crippen molar-refractivity contribution in [2.45, 2.75) is 13.0 Å². The van der Waals surface area contributed by atoms with E-state index in [2.05, 4.69) is 12.2 Å². The Bertz CT molecular complexity index is 500. The SMILES string of the molecule is CC1C2CNCC2CN1C(=O)c1cc(Cl)cc(Cl)c1. The normalized spacial score (nSPS) is 29.6. The molecule has 0 bridgehead atoms. The molecule has 5 heteroatoms. The van der Waals surface area contributed by atoms with Crippen molar-refractivity contribution >= 4 is 29.1 Å². The van der Waals surface area contributed by atoms with Crippen LogP contribution in [0.1, 0.15) is 17.3 Å². The summed E-state index contributed by atoms with van der Waals surface area (Å²) in [5.41, 5.74) is 0.581. The number of hydrogen-bond acceptors (Lipinski definition) is 2. The monoisotopic (exact) mass is 298 g/mol. The summed E-state index contributed by atoms with van der Waals surface area (Å²) in [6, 6.07) is 5.29. The molecule has 2 aliphatic rings. The molecule has 2 fully saturated rings. The van der Waals surface area contributed by atoms with Gasteiger partial charge in [0.25, 0.3) is 5.91 Å². The largest absolute Gasteiger partial charge is 0.335 e. The van der Waals surface area contributed by atoms with E-state index in [1.165, 1.54) is 0 Å². The molecule has 0 aliphatic carbocycles. The van der Waals surface area contributed by atoms with Crippen molar-refractivity contribution < 1.29 is 4.79 Å². The summed E-state index contributed by atoms with van der Waals surface area (Å²) in [5.74, 6) is 1.18. The second-order valence-corrected chi connectivity index (χ2v) is 6.31. The van der Waals surface area contributed by atoms with E-state index in [9.17, 15) is 4.79 Å². The van der Waals surface area contributed by atoms with E-state index in [1.54, 1.807) is 18.2 Å². The predicted molar refractivity (Wildman–Crippen MR) is 76.8 cm³/mol. The molecule has 1 aromatic carbocycles. The first-order valence-corrected chi connectivity index (χ1v) is 7.29. The van der Waals surface area contributed by atoms with Crippen LogP contribution in [0.3, 0.4) is 0 Å². The van der Waals surface area contributed by atoms with Crippen LogP contribution < -0.4 is 5.32 Å². The summed E-state index contributed by atoms with van der Waals surface area (Å²) >= 11 is 11.9. The fraction of sp³-hybridized carbons (Fsp3) is 0.500. The first kappa shape index (κ1) is 13.2. The van der Waals surface area contributed by atoms with Crippen LogP contribution in [-0.2, 0) is 0 Å². The van der Waals surface area contributed by atoms with E-state index >= 15 is 0 Å². The standard InChI is InChI=1S/C14H16Cl2N2O/c1-8-13-6-17-5-10(13)7-18(8)14(19)9-2-11(15)4-12(16)3-9/h2-4,8,10,13,17H,5-7H2,1H3. The van der Waals surface area contributed by atoms with E-state index in [0.29, 0.717) is 27.4 Å². The third-order valence-electron chi connectivity index (χ3n) is 4.30. The molecule has 0 spiro atoms. The fourth-order valence-corrected chi connectivity index (χ4v) is 3.80. The first-order chi connectivity index (χ1) is 9.06. The zero-order valence-electron chi connectivity index (χ0n) is 10.7. The molecule has 1 amide bonds. The third-order valence-corrected chi connectivity index (χ3v) is 4.74. The van der Waals surface area contributed by atoms with Crippen LogP contribution in [0.25, 0.3) is 0 Å². The van der Waals surface area contributed by atoms with E-state index in [4.69, 9.17) is 23.2 Å². The lowest BCUT2D eigenvalue weighted by molar-refractivity contribution is 0.0728. The third kappa shape index (κ3) is 2.35. The highest BCUT2D eigenvalue weighted by atomic mass is 35.5. The van der Waals surface area contributed by atoms with E-state index in [-0.39, 0.29) is 11.9 Å². The summed E-state index contributed by atoms with van der Waals surface area (Å²) < 4.78 is 0. The molecule has 2 saturated heterocycles. The molecule has 1 aromatic rings. The lowest BCUT2D eigenvalue weighted by Gasteiger charge is -2.24. The molecule has 2 heterocycles. The lowest BCUT2D eigenvalue weighted by atomic mass is 9.95.